The van der Waals surface area contributed by atoms with Gasteiger partial charge in [-0.2, -0.15) is 0 Å². The van der Waals surface area contributed by atoms with Crippen LogP contribution in [0.25, 0.3) is 0 Å². The van der Waals surface area contributed by atoms with Gasteiger partial charge in [-0.15, -0.1) is 0 Å². The molecule has 0 saturated carbocycles. The van der Waals surface area contributed by atoms with Crippen LogP contribution in [0.15, 0.2) is 0 Å². The molecule has 2 nitrogen and oxygen atoms in total. The molecule has 0 bridgehead atoms. The lowest BCUT2D eigenvalue weighted by Crippen LogP contribution is -2.45. The van der Waals surface area contributed by atoms with E-state index in [2.05, 4.69) is 32.9 Å². The van der Waals surface area contributed by atoms with E-state index < -0.39 is 0 Å². The summed E-state index contributed by atoms with van der Waals surface area (Å²) in [6, 6.07) is 0.703. The summed E-state index contributed by atoms with van der Waals surface area (Å²) in [7, 11) is 4.94. The van der Waals surface area contributed by atoms with Gasteiger partial charge in [-0.05, 0) is 14.0 Å². The van der Waals surface area contributed by atoms with Crippen LogP contribution in [0.5, 0.6) is 0 Å². The Labute approximate surface area is 73.2 Å². The van der Waals surface area contributed by atoms with Crippen molar-refractivity contribution in [1.82, 2.24) is 9.57 Å². The maximum atomic E-state index is 2.77. The first-order chi connectivity index (χ1) is 5.20. The van der Waals surface area contributed by atoms with Crippen molar-refractivity contribution in [3.63, 3.8) is 0 Å². The maximum Gasteiger partial charge on any atom is 0.0229 e. The van der Waals surface area contributed by atoms with Crippen LogP contribution in [0, 0.1) is 0 Å². The quantitative estimate of drug-likeness (QED) is 0.515. The van der Waals surface area contributed by atoms with Crippen LogP contribution in [0.3, 0.4) is 0 Å². The van der Waals surface area contributed by atoms with E-state index in [4.69, 9.17) is 0 Å². The number of hydrogen-bond acceptors (Lipinski definition) is 2. The van der Waals surface area contributed by atoms with Crippen LogP contribution in [0.1, 0.15) is 20.8 Å². The Morgan fingerprint density at radius 1 is 1.27 bits per heavy atom. The zero-order valence-electron chi connectivity index (χ0n) is 8.17. The first kappa shape index (κ1) is 11.4. The molecule has 1 aliphatic rings. The van der Waals surface area contributed by atoms with Gasteiger partial charge in [-0.1, -0.05) is 23.2 Å². The minimum absolute atomic E-state index is 0.703. The second kappa shape index (κ2) is 5.93. The monoisotopic (exact) mass is 176 g/mol. The predicted molar refractivity (Wildman–Crippen MR) is 54.7 cm³/mol. The van der Waals surface area contributed by atoms with Crippen molar-refractivity contribution in [2.45, 2.75) is 26.8 Å². The molecule has 0 amide bonds. The van der Waals surface area contributed by atoms with Crippen molar-refractivity contribution >= 4 is 9.39 Å². The SMILES string of the molecule is CC.CC1CN(C)CCN1P. The van der Waals surface area contributed by atoms with Crippen LogP contribution >= 0.6 is 9.39 Å². The smallest absolute Gasteiger partial charge is 0.0229 e. The summed E-state index contributed by atoms with van der Waals surface area (Å²) in [6.07, 6.45) is 0. The molecule has 0 aromatic heterocycles. The fourth-order valence-corrected chi connectivity index (χ4v) is 1.36. The Bertz CT molecular complexity index is 98.1. The van der Waals surface area contributed by atoms with E-state index in [9.17, 15) is 0 Å². The van der Waals surface area contributed by atoms with Crippen LogP contribution in [-0.2, 0) is 0 Å². The van der Waals surface area contributed by atoms with Gasteiger partial charge in [0.05, 0.1) is 0 Å². The summed E-state index contributed by atoms with van der Waals surface area (Å²) < 4.78 is 2.32. The number of rotatable bonds is 0. The fraction of sp³-hybridized carbons (Fsp3) is 1.00. The van der Waals surface area contributed by atoms with Gasteiger partial charge in [0.25, 0.3) is 0 Å². The molecule has 2 atom stereocenters. The summed E-state index contributed by atoms with van der Waals surface area (Å²) >= 11 is 0. The van der Waals surface area contributed by atoms with E-state index in [1.807, 2.05) is 13.8 Å². The molecule has 0 spiro atoms. The lowest BCUT2D eigenvalue weighted by Gasteiger charge is -2.35. The minimum atomic E-state index is 0.703. The molecule has 1 rings (SSSR count). The molecular weight excluding hydrogens is 155 g/mol. The third-order valence-electron chi connectivity index (χ3n) is 1.88. The summed E-state index contributed by atoms with van der Waals surface area (Å²) in [5.41, 5.74) is 0. The Hall–Kier alpha value is 0.350. The van der Waals surface area contributed by atoms with Crippen molar-refractivity contribution < 1.29 is 0 Å². The van der Waals surface area contributed by atoms with Crippen molar-refractivity contribution in [3.8, 4) is 0 Å². The Kier molecular flexibility index (Phi) is 6.12. The molecule has 11 heavy (non-hydrogen) atoms. The van der Waals surface area contributed by atoms with Gasteiger partial charge in [0, 0.05) is 25.7 Å². The average Bonchev–Trinajstić information content (AvgIpc) is 2.02. The normalized spacial score (nSPS) is 27.5. The molecule has 3 heteroatoms. The molecule has 1 fully saturated rings. The summed E-state index contributed by atoms with van der Waals surface area (Å²) in [5.74, 6) is 0. The fourth-order valence-electron chi connectivity index (χ4n) is 1.15. The first-order valence-corrected chi connectivity index (χ1v) is 4.91. The van der Waals surface area contributed by atoms with Gasteiger partial charge in [-0.3, -0.25) is 4.67 Å². The van der Waals surface area contributed by atoms with E-state index in [1.54, 1.807) is 0 Å². The van der Waals surface area contributed by atoms with Gasteiger partial charge in [0.2, 0.25) is 0 Å². The van der Waals surface area contributed by atoms with Gasteiger partial charge in [0.15, 0.2) is 0 Å². The maximum absolute atomic E-state index is 2.77. The second-order valence-electron chi connectivity index (χ2n) is 2.85. The second-order valence-corrected chi connectivity index (χ2v) is 3.51. The van der Waals surface area contributed by atoms with E-state index in [0.29, 0.717) is 6.04 Å². The van der Waals surface area contributed by atoms with Crippen LogP contribution in [-0.4, -0.2) is 42.3 Å². The third kappa shape index (κ3) is 4.05. The predicted octanol–water partition coefficient (Wildman–Crippen LogP) is 1.44. The largest absolute Gasteiger partial charge is 0.304 e. The lowest BCUT2D eigenvalue weighted by molar-refractivity contribution is 0.180. The average molecular weight is 176 g/mol. The third-order valence-corrected chi connectivity index (χ3v) is 2.65. The number of nitrogens with zero attached hydrogens (tertiary/aromatic N) is 2. The van der Waals surface area contributed by atoms with Gasteiger partial charge < -0.3 is 4.90 Å². The highest BCUT2D eigenvalue weighted by Crippen LogP contribution is 2.11. The van der Waals surface area contributed by atoms with Crippen molar-refractivity contribution in [1.29, 1.82) is 0 Å². The summed E-state index contributed by atoms with van der Waals surface area (Å²) in [6.45, 7) is 9.84. The Morgan fingerprint density at radius 3 is 2.18 bits per heavy atom. The molecule has 1 aliphatic heterocycles. The van der Waals surface area contributed by atoms with Crippen LogP contribution in [0.2, 0.25) is 0 Å². The molecule has 0 aromatic rings. The van der Waals surface area contributed by atoms with Crippen LogP contribution < -0.4 is 0 Å². The molecule has 0 radical (unpaired) electrons. The number of likely N-dealkylation sites (N-methyl/N-ethyl adjacent to an activating group) is 1. The summed E-state index contributed by atoms with van der Waals surface area (Å²) in [5, 5.41) is 0. The molecule has 68 valence electrons. The van der Waals surface area contributed by atoms with E-state index in [1.165, 1.54) is 19.6 Å². The Balaban J connectivity index is 0.000000461. The number of hydrogen-bond donors (Lipinski definition) is 0. The molecule has 2 unspecified atom stereocenters. The van der Waals surface area contributed by atoms with E-state index in [0.717, 1.165) is 0 Å². The zero-order chi connectivity index (χ0) is 8.85. The van der Waals surface area contributed by atoms with Crippen molar-refractivity contribution in [3.05, 3.63) is 0 Å². The lowest BCUT2D eigenvalue weighted by atomic mass is 10.2. The van der Waals surface area contributed by atoms with Crippen molar-refractivity contribution in [2.24, 2.45) is 0 Å². The molecule has 1 saturated heterocycles. The molecule has 0 aliphatic carbocycles. The van der Waals surface area contributed by atoms with Crippen LogP contribution in [0.4, 0.5) is 0 Å². The number of piperazine rings is 1. The van der Waals surface area contributed by atoms with E-state index in [-0.39, 0.29) is 0 Å². The standard InChI is InChI=1S/C6H15N2P.C2H6/c1-6-5-7(2)3-4-8(6)9;1-2/h6H,3-5,9H2,1-2H3;1-2H3. The highest BCUT2D eigenvalue weighted by Gasteiger charge is 2.16. The topological polar surface area (TPSA) is 6.48 Å². The minimum Gasteiger partial charge on any atom is -0.304 e. The van der Waals surface area contributed by atoms with E-state index >= 15 is 0 Å². The molecule has 1 heterocycles. The van der Waals surface area contributed by atoms with Gasteiger partial charge in [-0.25, -0.2) is 0 Å². The highest BCUT2D eigenvalue weighted by molar-refractivity contribution is 7.13. The first-order valence-electron chi connectivity index (χ1n) is 4.40. The summed E-state index contributed by atoms with van der Waals surface area (Å²) in [4.78, 5) is 2.37. The van der Waals surface area contributed by atoms with Gasteiger partial charge >= 0.3 is 0 Å². The highest BCUT2D eigenvalue weighted by atomic mass is 31.0. The molecule has 0 N–H and O–H groups in total. The van der Waals surface area contributed by atoms with Gasteiger partial charge in [0.1, 0.15) is 0 Å². The van der Waals surface area contributed by atoms with Crippen molar-refractivity contribution in [2.75, 3.05) is 26.7 Å². The molecular formula is C8H21N2P. The Morgan fingerprint density at radius 2 is 1.82 bits per heavy atom. The zero-order valence-corrected chi connectivity index (χ0v) is 9.33. The molecule has 0 aromatic carbocycles.